The van der Waals surface area contributed by atoms with Crippen molar-refractivity contribution in [2.45, 2.75) is 57.7 Å². The van der Waals surface area contributed by atoms with Gasteiger partial charge in [-0.3, -0.25) is 5.41 Å². The van der Waals surface area contributed by atoms with E-state index in [4.69, 9.17) is 11.1 Å². The molecule has 36 heavy (non-hydrogen) atoms. The molecular weight excluding hydrogens is 451 g/mol. The van der Waals surface area contributed by atoms with Crippen molar-refractivity contribution in [3.05, 3.63) is 82.9 Å². The molecule has 1 aromatic heterocycles. The van der Waals surface area contributed by atoms with Crippen LogP contribution in [0, 0.1) is 12.3 Å². The molecule has 6 nitrogen and oxygen atoms in total. The highest BCUT2D eigenvalue weighted by atomic mass is 19.1. The molecule has 2 heterocycles. The molecule has 0 bridgehead atoms. The number of aromatic nitrogens is 2. The smallest absolute Gasteiger partial charge is 0.141 e. The minimum absolute atomic E-state index is 0.139. The molecule has 1 fully saturated rings. The van der Waals surface area contributed by atoms with Crippen molar-refractivity contribution in [3.63, 3.8) is 0 Å². The number of allylic oxidation sites excluding steroid dienone is 4. The third-order valence-corrected chi connectivity index (χ3v) is 7.37. The Morgan fingerprint density at radius 3 is 2.83 bits per heavy atom. The second-order valence-corrected chi connectivity index (χ2v) is 9.79. The predicted molar refractivity (Wildman–Crippen MR) is 145 cm³/mol. The fourth-order valence-corrected chi connectivity index (χ4v) is 5.62. The molecule has 1 aliphatic heterocycles. The summed E-state index contributed by atoms with van der Waals surface area (Å²) in [6, 6.07) is 6.75. The van der Waals surface area contributed by atoms with Crippen molar-refractivity contribution < 1.29 is 4.39 Å². The summed E-state index contributed by atoms with van der Waals surface area (Å²) in [6.45, 7) is 7.16. The van der Waals surface area contributed by atoms with Gasteiger partial charge >= 0.3 is 0 Å². The summed E-state index contributed by atoms with van der Waals surface area (Å²) in [4.78, 5) is 10.9. The highest BCUT2D eigenvalue weighted by molar-refractivity contribution is 6.16. The van der Waals surface area contributed by atoms with E-state index >= 15 is 0 Å². The van der Waals surface area contributed by atoms with Gasteiger partial charge in [-0.15, -0.1) is 0 Å². The summed E-state index contributed by atoms with van der Waals surface area (Å²) in [5.74, 6) is 0.680. The first kappa shape index (κ1) is 24.0. The van der Waals surface area contributed by atoms with Crippen LogP contribution >= 0.6 is 0 Å². The zero-order valence-corrected chi connectivity index (χ0v) is 20.7. The number of anilines is 2. The van der Waals surface area contributed by atoms with Crippen LogP contribution in [-0.4, -0.2) is 39.3 Å². The van der Waals surface area contributed by atoms with Crippen molar-refractivity contribution in [1.29, 1.82) is 5.41 Å². The zero-order valence-electron chi connectivity index (χ0n) is 20.7. The van der Waals surface area contributed by atoms with Crippen LogP contribution in [0.3, 0.4) is 0 Å². The molecular formula is C29H33FN6. The fraction of sp³-hybridized carbons (Fsp3) is 0.345. The van der Waals surface area contributed by atoms with Crippen LogP contribution in [-0.2, 0) is 0 Å². The molecule has 3 aliphatic rings. The maximum atomic E-state index is 14.0. The molecule has 2 aliphatic carbocycles. The molecule has 1 saturated carbocycles. The number of halogens is 1. The molecule has 4 N–H and O–H groups in total. The number of alkyl halides is 1. The number of benzene rings is 1. The first-order valence-electron chi connectivity index (χ1n) is 12.7. The van der Waals surface area contributed by atoms with Crippen LogP contribution in [0.25, 0.3) is 11.8 Å². The average molecular weight is 485 g/mol. The number of aryl methyl sites for hydroxylation is 1. The van der Waals surface area contributed by atoms with Gasteiger partial charge in [-0.1, -0.05) is 62.3 Å². The van der Waals surface area contributed by atoms with E-state index in [1.165, 1.54) is 42.8 Å². The SMILES string of the molecule is C=C1c2c(C)cccc2C=C(CNc2ncnc(N)c2C(=N)C2=CC=CC(F)C2)N1C1CCCCC1. The van der Waals surface area contributed by atoms with E-state index in [-0.39, 0.29) is 18.0 Å². The monoisotopic (exact) mass is 484 g/mol. The number of hydrogen-bond donors (Lipinski definition) is 3. The Balaban J connectivity index is 1.47. The molecule has 0 radical (unpaired) electrons. The number of nitrogens with zero attached hydrogens (tertiary/aromatic N) is 3. The van der Waals surface area contributed by atoms with E-state index in [2.05, 4.69) is 58.0 Å². The maximum absolute atomic E-state index is 14.0. The third kappa shape index (κ3) is 4.57. The van der Waals surface area contributed by atoms with Crippen molar-refractivity contribution in [1.82, 2.24) is 14.9 Å². The Kier molecular flexibility index (Phi) is 6.72. The Morgan fingerprint density at radius 1 is 1.25 bits per heavy atom. The van der Waals surface area contributed by atoms with E-state index in [1.807, 2.05) is 0 Å². The normalized spacial score (nSPS) is 20.0. The van der Waals surface area contributed by atoms with Crippen LogP contribution < -0.4 is 11.1 Å². The lowest BCUT2D eigenvalue weighted by atomic mass is 9.88. The molecule has 5 rings (SSSR count). The zero-order chi connectivity index (χ0) is 25.2. The van der Waals surface area contributed by atoms with Gasteiger partial charge in [0.05, 0.1) is 17.8 Å². The lowest BCUT2D eigenvalue weighted by molar-refractivity contribution is 0.272. The highest BCUT2D eigenvalue weighted by Crippen LogP contribution is 2.39. The lowest BCUT2D eigenvalue weighted by Crippen LogP contribution is -2.38. The number of hydrogen-bond acceptors (Lipinski definition) is 6. The molecule has 186 valence electrons. The van der Waals surface area contributed by atoms with Gasteiger partial charge in [0.1, 0.15) is 24.1 Å². The minimum atomic E-state index is -1.11. The summed E-state index contributed by atoms with van der Waals surface area (Å²) in [6.07, 6.45) is 13.5. The summed E-state index contributed by atoms with van der Waals surface area (Å²) >= 11 is 0. The largest absolute Gasteiger partial charge is 0.383 e. The Morgan fingerprint density at radius 2 is 2.06 bits per heavy atom. The maximum Gasteiger partial charge on any atom is 0.141 e. The molecule has 1 unspecified atom stereocenters. The predicted octanol–water partition coefficient (Wildman–Crippen LogP) is 6.03. The van der Waals surface area contributed by atoms with Gasteiger partial charge in [-0.25, -0.2) is 14.4 Å². The van der Waals surface area contributed by atoms with Crippen molar-refractivity contribution >= 4 is 29.1 Å². The molecule has 2 aromatic rings. The van der Waals surface area contributed by atoms with Gasteiger partial charge in [0.2, 0.25) is 0 Å². The van der Waals surface area contributed by atoms with E-state index < -0.39 is 6.17 Å². The standard InChI is InChI=1S/C29H33FN6/c1-18-8-6-9-20-15-24(36(19(2)25(18)20)23-12-4-3-5-13-23)16-33-29-26(28(32)34-17-35-29)27(31)21-10-7-11-22(30)14-21/h6-11,15,17,22-23,31H,2-5,12-14,16H2,1H3,(H3,32,33,34,35). The van der Waals surface area contributed by atoms with Gasteiger partial charge < -0.3 is 16.0 Å². The molecule has 1 aromatic carbocycles. The topological polar surface area (TPSA) is 90.9 Å². The van der Waals surface area contributed by atoms with Gasteiger partial charge in [0.25, 0.3) is 0 Å². The van der Waals surface area contributed by atoms with Gasteiger partial charge in [0, 0.05) is 29.4 Å². The van der Waals surface area contributed by atoms with Crippen LogP contribution in [0.2, 0.25) is 0 Å². The average Bonchev–Trinajstić information content (AvgIpc) is 2.87. The fourth-order valence-electron chi connectivity index (χ4n) is 5.62. The number of nitrogens with two attached hydrogens (primary N) is 1. The highest BCUT2D eigenvalue weighted by Gasteiger charge is 2.30. The third-order valence-electron chi connectivity index (χ3n) is 7.37. The van der Waals surface area contributed by atoms with E-state index in [0.29, 0.717) is 29.5 Å². The number of nitrogens with one attached hydrogen (secondary N) is 2. The Bertz CT molecular complexity index is 1280. The summed E-state index contributed by atoms with van der Waals surface area (Å²) < 4.78 is 14.0. The molecule has 0 saturated heterocycles. The Labute approximate surface area is 212 Å². The summed E-state index contributed by atoms with van der Waals surface area (Å²) in [7, 11) is 0. The van der Waals surface area contributed by atoms with Crippen molar-refractivity contribution in [2.24, 2.45) is 0 Å². The van der Waals surface area contributed by atoms with E-state index in [9.17, 15) is 4.39 Å². The number of rotatable bonds is 6. The summed E-state index contributed by atoms with van der Waals surface area (Å²) in [5, 5.41) is 12.2. The molecule has 1 atom stereocenters. The van der Waals surface area contributed by atoms with Crippen LogP contribution in [0.4, 0.5) is 16.0 Å². The molecule has 7 heteroatoms. The Hall–Kier alpha value is -3.74. The second kappa shape index (κ2) is 10.1. The molecule has 0 amide bonds. The number of nitrogen functional groups attached to an aromatic ring is 1. The van der Waals surface area contributed by atoms with Gasteiger partial charge in [-0.05, 0) is 42.5 Å². The number of fused-ring (bicyclic) bond motifs is 1. The molecule has 0 spiro atoms. The van der Waals surface area contributed by atoms with Crippen molar-refractivity contribution in [2.75, 3.05) is 17.6 Å². The van der Waals surface area contributed by atoms with Gasteiger partial charge in [0.15, 0.2) is 0 Å². The van der Waals surface area contributed by atoms with E-state index in [0.717, 1.165) is 29.8 Å². The second-order valence-electron chi connectivity index (χ2n) is 9.79. The van der Waals surface area contributed by atoms with E-state index in [1.54, 1.807) is 12.2 Å². The summed E-state index contributed by atoms with van der Waals surface area (Å²) in [5.41, 5.74) is 13.1. The quantitative estimate of drug-likeness (QED) is 0.436. The van der Waals surface area contributed by atoms with Crippen LogP contribution in [0.15, 0.2) is 60.6 Å². The van der Waals surface area contributed by atoms with Crippen LogP contribution in [0.1, 0.15) is 60.8 Å². The first-order chi connectivity index (χ1) is 17.4. The van der Waals surface area contributed by atoms with Crippen molar-refractivity contribution in [3.8, 4) is 0 Å². The minimum Gasteiger partial charge on any atom is -0.383 e. The van der Waals surface area contributed by atoms with Crippen LogP contribution in [0.5, 0.6) is 0 Å². The van der Waals surface area contributed by atoms with Gasteiger partial charge in [-0.2, -0.15) is 0 Å². The lowest BCUT2D eigenvalue weighted by Gasteiger charge is -2.42. The first-order valence-corrected chi connectivity index (χ1v) is 12.7.